The molecular weight excluding hydrogens is 332 g/mol. The molecule has 2 heteroatoms. The minimum Gasteiger partial charge on any atom is -0.365 e. The van der Waals surface area contributed by atoms with E-state index in [-0.39, 0.29) is 5.78 Å². The fourth-order valence-electron chi connectivity index (χ4n) is 3.11. The molecule has 3 aromatic rings. The second-order valence-corrected chi connectivity index (χ2v) is 7.20. The summed E-state index contributed by atoms with van der Waals surface area (Å²) in [6.45, 7) is 4.73. The summed E-state index contributed by atoms with van der Waals surface area (Å²) in [4.78, 5) is 13.4. The predicted molar refractivity (Wildman–Crippen MR) is 110 cm³/mol. The lowest BCUT2D eigenvalue weighted by Crippen LogP contribution is -2.20. The zero-order valence-corrected chi connectivity index (χ0v) is 16.0. The second-order valence-electron chi connectivity index (χ2n) is 7.20. The molecule has 0 amide bonds. The van der Waals surface area contributed by atoms with Crippen LogP contribution in [0.15, 0.2) is 84.9 Å². The van der Waals surface area contributed by atoms with Crippen molar-refractivity contribution in [2.45, 2.75) is 26.4 Å². The highest BCUT2D eigenvalue weighted by Crippen LogP contribution is 2.26. The Balaban J connectivity index is 1.92. The van der Waals surface area contributed by atoms with Crippen LogP contribution in [-0.2, 0) is 11.2 Å². The summed E-state index contributed by atoms with van der Waals surface area (Å²) in [5.41, 5.74) is 3.86. The van der Waals surface area contributed by atoms with E-state index in [0.29, 0.717) is 12.5 Å². The van der Waals surface area contributed by atoms with Crippen LogP contribution in [-0.4, -0.2) is 12.4 Å². The van der Waals surface area contributed by atoms with Gasteiger partial charge in [0.2, 0.25) is 0 Å². The zero-order valence-electron chi connectivity index (χ0n) is 16.0. The minimum atomic E-state index is -0.578. The largest absolute Gasteiger partial charge is 0.365 e. The van der Waals surface area contributed by atoms with Crippen molar-refractivity contribution in [3.63, 3.8) is 0 Å². The molecule has 0 N–H and O–H groups in total. The molecule has 0 fully saturated rings. The van der Waals surface area contributed by atoms with E-state index in [9.17, 15) is 4.79 Å². The highest BCUT2D eigenvalue weighted by atomic mass is 16.5. The van der Waals surface area contributed by atoms with E-state index in [1.54, 1.807) is 0 Å². The van der Waals surface area contributed by atoms with Gasteiger partial charge in [-0.2, -0.15) is 0 Å². The maximum absolute atomic E-state index is 13.4. The molecule has 0 bridgehead atoms. The standard InChI is InChI=1S/C25H26O2/c1-19(2)18-27-25(21-13-7-4-8-14-21)24(26)23-16-10-9-15-22(23)17-20-11-5-3-6-12-20/h3-16,19,25H,17-18H2,1-2H3. The average molecular weight is 358 g/mol. The summed E-state index contributed by atoms with van der Waals surface area (Å²) in [6.07, 6.45) is 0.152. The van der Waals surface area contributed by atoms with Crippen molar-refractivity contribution >= 4 is 5.78 Å². The Kier molecular flexibility index (Phi) is 6.56. The monoisotopic (exact) mass is 358 g/mol. The molecule has 2 nitrogen and oxygen atoms in total. The van der Waals surface area contributed by atoms with Crippen LogP contribution in [0.1, 0.15) is 47.0 Å². The Labute approximate surface area is 161 Å². The first kappa shape index (κ1) is 19.1. The third-order valence-electron chi connectivity index (χ3n) is 4.46. The molecule has 0 aliphatic heterocycles. The van der Waals surface area contributed by atoms with E-state index in [4.69, 9.17) is 4.74 Å². The molecule has 1 unspecified atom stereocenters. The third kappa shape index (κ3) is 5.15. The molecule has 0 aromatic heterocycles. The molecule has 0 spiro atoms. The van der Waals surface area contributed by atoms with Crippen molar-refractivity contribution in [3.05, 3.63) is 107 Å². The van der Waals surface area contributed by atoms with Gasteiger partial charge >= 0.3 is 0 Å². The predicted octanol–water partition coefficient (Wildman–Crippen LogP) is 5.87. The number of ketones is 1. The highest BCUT2D eigenvalue weighted by Gasteiger charge is 2.25. The molecule has 1 atom stereocenters. The normalized spacial score (nSPS) is 12.1. The number of hydrogen-bond acceptors (Lipinski definition) is 2. The number of ether oxygens (including phenoxy) is 1. The summed E-state index contributed by atoms with van der Waals surface area (Å²) in [7, 11) is 0. The third-order valence-corrected chi connectivity index (χ3v) is 4.46. The molecule has 0 radical (unpaired) electrons. The molecule has 0 aliphatic carbocycles. The SMILES string of the molecule is CC(C)COC(C(=O)c1ccccc1Cc1ccccc1)c1ccccc1. The smallest absolute Gasteiger partial charge is 0.196 e. The van der Waals surface area contributed by atoms with Crippen molar-refractivity contribution in [2.24, 2.45) is 5.92 Å². The number of benzene rings is 3. The Morgan fingerprint density at radius 3 is 2.07 bits per heavy atom. The molecule has 0 saturated carbocycles. The first-order chi connectivity index (χ1) is 13.1. The number of carbonyl (C=O) groups excluding carboxylic acids is 1. The van der Waals surface area contributed by atoms with Crippen molar-refractivity contribution in [1.82, 2.24) is 0 Å². The van der Waals surface area contributed by atoms with Crippen molar-refractivity contribution in [2.75, 3.05) is 6.61 Å². The van der Waals surface area contributed by atoms with Gasteiger partial charge in [0.1, 0.15) is 6.10 Å². The highest BCUT2D eigenvalue weighted by molar-refractivity contribution is 6.01. The maximum Gasteiger partial charge on any atom is 0.196 e. The van der Waals surface area contributed by atoms with Gasteiger partial charge in [-0.3, -0.25) is 4.79 Å². The van der Waals surface area contributed by atoms with Crippen molar-refractivity contribution < 1.29 is 9.53 Å². The van der Waals surface area contributed by atoms with Crippen LogP contribution in [0, 0.1) is 5.92 Å². The van der Waals surface area contributed by atoms with Gasteiger partial charge < -0.3 is 4.74 Å². The van der Waals surface area contributed by atoms with Crippen LogP contribution in [0.5, 0.6) is 0 Å². The van der Waals surface area contributed by atoms with Crippen molar-refractivity contribution in [3.8, 4) is 0 Å². The van der Waals surface area contributed by atoms with Gasteiger partial charge in [0, 0.05) is 5.56 Å². The van der Waals surface area contributed by atoms with Gasteiger partial charge in [-0.15, -0.1) is 0 Å². The van der Waals surface area contributed by atoms with Crippen LogP contribution in [0.3, 0.4) is 0 Å². The van der Waals surface area contributed by atoms with Gasteiger partial charge in [0.05, 0.1) is 6.61 Å². The fourth-order valence-corrected chi connectivity index (χ4v) is 3.11. The first-order valence-corrected chi connectivity index (χ1v) is 9.47. The van der Waals surface area contributed by atoms with E-state index in [0.717, 1.165) is 23.1 Å². The van der Waals surface area contributed by atoms with Crippen LogP contribution >= 0.6 is 0 Å². The van der Waals surface area contributed by atoms with E-state index in [1.807, 2.05) is 72.8 Å². The van der Waals surface area contributed by atoms with Crippen LogP contribution in [0.4, 0.5) is 0 Å². The molecule has 138 valence electrons. The summed E-state index contributed by atoms with van der Waals surface area (Å²) in [5, 5.41) is 0. The summed E-state index contributed by atoms with van der Waals surface area (Å²) in [5.74, 6) is 0.386. The maximum atomic E-state index is 13.4. The zero-order chi connectivity index (χ0) is 19.1. The van der Waals surface area contributed by atoms with Gasteiger partial charge in [0.15, 0.2) is 5.78 Å². The molecule has 0 saturated heterocycles. The number of Topliss-reactive ketones (excluding diaryl/α,β-unsaturated/α-hetero) is 1. The van der Waals surface area contributed by atoms with Gasteiger partial charge in [-0.25, -0.2) is 0 Å². The molecule has 0 heterocycles. The molecular formula is C25H26O2. The Morgan fingerprint density at radius 1 is 0.815 bits per heavy atom. The average Bonchev–Trinajstić information content (AvgIpc) is 2.70. The summed E-state index contributed by atoms with van der Waals surface area (Å²) >= 11 is 0. The summed E-state index contributed by atoms with van der Waals surface area (Å²) in [6, 6.07) is 27.9. The first-order valence-electron chi connectivity index (χ1n) is 9.47. The summed E-state index contributed by atoms with van der Waals surface area (Å²) < 4.78 is 6.06. The molecule has 3 rings (SSSR count). The lowest BCUT2D eigenvalue weighted by atomic mass is 9.93. The van der Waals surface area contributed by atoms with Gasteiger partial charge in [-0.05, 0) is 29.0 Å². The van der Waals surface area contributed by atoms with Crippen LogP contribution in [0.25, 0.3) is 0 Å². The van der Waals surface area contributed by atoms with E-state index < -0.39 is 6.10 Å². The number of carbonyl (C=O) groups is 1. The number of rotatable bonds is 8. The quantitative estimate of drug-likeness (QED) is 0.470. The number of hydrogen-bond donors (Lipinski definition) is 0. The van der Waals surface area contributed by atoms with Gasteiger partial charge in [0.25, 0.3) is 0 Å². The lowest BCUT2D eigenvalue weighted by molar-refractivity contribution is 0.0307. The van der Waals surface area contributed by atoms with Crippen molar-refractivity contribution in [1.29, 1.82) is 0 Å². The molecule has 3 aromatic carbocycles. The Bertz CT molecular complexity index is 854. The van der Waals surface area contributed by atoms with E-state index in [2.05, 4.69) is 26.0 Å². The van der Waals surface area contributed by atoms with E-state index in [1.165, 1.54) is 5.56 Å². The Hall–Kier alpha value is -2.71. The fraction of sp³-hybridized carbons (Fsp3) is 0.240. The Morgan fingerprint density at radius 2 is 1.41 bits per heavy atom. The second kappa shape index (κ2) is 9.29. The lowest BCUT2D eigenvalue weighted by Gasteiger charge is -2.20. The topological polar surface area (TPSA) is 26.3 Å². The minimum absolute atomic E-state index is 0.0216. The van der Waals surface area contributed by atoms with Crippen LogP contribution < -0.4 is 0 Å². The molecule has 27 heavy (non-hydrogen) atoms. The molecule has 0 aliphatic rings. The van der Waals surface area contributed by atoms with Crippen LogP contribution in [0.2, 0.25) is 0 Å². The van der Waals surface area contributed by atoms with E-state index >= 15 is 0 Å². The van der Waals surface area contributed by atoms with Gasteiger partial charge in [-0.1, -0.05) is 98.8 Å².